The first-order valence-corrected chi connectivity index (χ1v) is 11.3. The highest BCUT2D eigenvalue weighted by Crippen LogP contribution is 2.26. The third-order valence-corrected chi connectivity index (χ3v) is 6.61. The van der Waals surface area contributed by atoms with E-state index < -0.39 is 10.0 Å². The van der Waals surface area contributed by atoms with E-state index in [4.69, 9.17) is 4.74 Å². The second-order valence-corrected chi connectivity index (χ2v) is 9.55. The summed E-state index contributed by atoms with van der Waals surface area (Å²) in [4.78, 5) is 13.2. The Hall–Kier alpha value is -2.38. The Bertz CT molecular complexity index is 980. The van der Waals surface area contributed by atoms with Gasteiger partial charge in [0.25, 0.3) is 5.91 Å². The normalized spacial score (nSPS) is 15.2. The molecule has 0 heterocycles. The number of carbonyl (C=O) groups is 1. The molecule has 0 unspecified atom stereocenters. The Kier molecular flexibility index (Phi) is 6.29. The Labute approximate surface area is 172 Å². The van der Waals surface area contributed by atoms with Crippen LogP contribution in [-0.2, 0) is 10.0 Å². The van der Waals surface area contributed by atoms with Gasteiger partial charge in [0.2, 0.25) is 10.0 Å². The summed E-state index contributed by atoms with van der Waals surface area (Å²) in [5, 5.41) is 3.06. The molecule has 0 radical (unpaired) electrons. The predicted molar refractivity (Wildman–Crippen MR) is 113 cm³/mol. The molecule has 0 bridgehead atoms. The van der Waals surface area contributed by atoms with Crippen molar-refractivity contribution in [2.24, 2.45) is 5.92 Å². The van der Waals surface area contributed by atoms with Gasteiger partial charge in [-0.05, 0) is 61.1 Å². The lowest BCUT2D eigenvalue weighted by molar-refractivity contribution is 0.0924. The van der Waals surface area contributed by atoms with Gasteiger partial charge in [-0.2, -0.15) is 0 Å². The van der Waals surface area contributed by atoms with E-state index in [2.05, 4.69) is 10.0 Å². The summed E-state index contributed by atoms with van der Waals surface area (Å²) in [6.07, 6.45) is 1.72. The van der Waals surface area contributed by atoms with Crippen molar-refractivity contribution in [3.8, 4) is 5.75 Å². The van der Waals surface area contributed by atoms with Crippen molar-refractivity contribution in [3.63, 3.8) is 0 Å². The minimum Gasteiger partial charge on any atom is -0.497 e. The third kappa shape index (κ3) is 5.16. The fourth-order valence-corrected chi connectivity index (χ4v) is 4.50. The van der Waals surface area contributed by atoms with Gasteiger partial charge < -0.3 is 10.1 Å². The summed E-state index contributed by atoms with van der Waals surface area (Å²) in [7, 11) is -2.01. The van der Waals surface area contributed by atoms with Crippen LogP contribution in [0.4, 0.5) is 0 Å². The molecule has 0 spiro atoms. The van der Waals surface area contributed by atoms with Crippen molar-refractivity contribution in [2.45, 2.75) is 50.6 Å². The standard InChI is InChI=1S/C22H28N2O4S/c1-14(2)21(16-6-10-18(28-4)11-7-16)23-22(25)20-13-19(12-5-15(20)3)29(26,27)24-17-8-9-17/h5-7,10-14,17,21,24H,8-9H2,1-4H3,(H,23,25)/t21-/m1/s1. The van der Waals surface area contributed by atoms with Crippen LogP contribution in [0.3, 0.4) is 0 Å². The van der Waals surface area contributed by atoms with E-state index in [-0.39, 0.29) is 28.8 Å². The fourth-order valence-electron chi connectivity index (χ4n) is 3.17. The molecular weight excluding hydrogens is 388 g/mol. The molecule has 1 fully saturated rings. The zero-order chi connectivity index (χ0) is 21.2. The van der Waals surface area contributed by atoms with Crippen LogP contribution >= 0.6 is 0 Å². The zero-order valence-corrected chi connectivity index (χ0v) is 18.0. The van der Waals surface area contributed by atoms with Crippen LogP contribution in [0.25, 0.3) is 0 Å². The lowest BCUT2D eigenvalue weighted by Crippen LogP contribution is -2.32. The van der Waals surface area contributed by atoms with Crippen molar-refractivity contribution in [3.05, 3.63) is 59.2 Å². The molecular formula is C22H28N2O4S. The van der Waals surface area contributed by atoms with Crippen molar-refractivity contribution in [1.82, 2.24) is 10.0 Å². The number of carbonyl (C=O) groups excluding carboxylic acids is 1. The Morgan fingerprint density at radius 2 is 1.76 bits per heavy atom. The minimum atomic E-state index is -3.62. The number of amides is 1. The number of hydrogen-bond acceptors (Lipinski definition) is 4. The second kappa shape index (κ2) is 8.55. The minimum absolute atomic E-state index is 0.0129. The van der Waals surface area contributed by atoms with Gasteiger partial charge >= 0.3 is 0 Å². The molecule has 6 nitrogen and oxygen atoms in total. The average Bonchev–Trinajstić information content (AvgIpc) is 3.49. The van der Waals surface area contributed by atoms with Gasteiger partial charge in [-0.1, -0.05) is 32.0 Å². The quantitative estimate of drug-likeness (QED) is 0.689. The first-order chi connectivity index (χ1) is 13.7. The molecule has 1 aliphatic carbocycles. The largest absolute Gasteiger partial charge is 0.497 e. The zero-order valence-electron chi connectivity index (χ0n) is 17.2. The Morgan fingerprint density at radius 3 is 2.31 bits per heavy atom. The Balaban J connectivity index is 1.84. The lowest BCUT2D eigenvalue weighted by atomic mass is 9.95. The first-order valence-electron chi connectivity index (χ1n) is 9.79. The van der Waals surface area contributed by atoms with Crippen LogP contribution < -0.4 is 14.8 Å². The number of methoxy groups -OCH3 is 1. The molecule has 0 aromatic heterocycles. The molecule has 0 saturated heterocycles. The smallest absolute Gasteiger partial charge is 0.252 e. The first kappa shape index (κ1) is 21.3. The second-order valence-electron chi connectivity index (χ2n) is 7.84. The molecule has 1 atom stereocenters. The van der Waals surface area contributed by atoms with Crippen molar-refractivity contribution < 1.29 is 17.9 Å². The average molecular weight is 417 g/mol. The molecule has 3 rings (SSSR count). The van der Waals surface area contributed by atoms with Gasteiger partial charge in [-0.3, -0.25) is 4.79 Å². The van der Waals surface area contributed by atoms with Crippen molar-refractivity contribution >= 4 is 15.9 Å². The summed E-state index contributed by atoms with van der Waals surface area (Å²) in [6, 6.07) is 12.1. The van der Waals surface area contributed by atoms with Crippen LogP contribution in [-0.4, -0.2) is 27.5 Å². The molecule has 1 amide bonds. The maximum atomic E-state index is 13.0. The van der Waals surface area contributed by atoms with E-state index in [0.29, 0.717) is 5.56 Å². The van der Waals surface area contributed by atoms with Gasteiger partial charge in [0, 0.05) is 11.6 Å². The monoisotopic (exact) mass is 416 g/mol. The molecule has 0 aliphatic heterocycles. The van der Waals surface area contributed by atoms with Crippen LogP contribution in [0.1, 0.15) is 54.2 Å². The number of hydrogen-bond donors (Lipinski definition) is 2. The van der Waals surface area contributed by atoms with Crippen LogP contribution in [0.5, 0.6) is 5.75 Å². The van der Waals surface area contributed by atoms with Gasteiger partial charge in [0.05, 0.1) is 18.0 Å². The number of sulfonamides is 1. The van der Waals surface area contributed by atoms with Gasteiger partial charge in [0.15, 0.2) is 0 Å². The highest BCUT2D eigenvalue weighted by Gasteiger charge is 2.29. The number of nitrogens with one attached hydrogen (secondary N) is 2. The van der Waals surface area contributed by atoms with Crippen molar-refractivity contribution in [1.29, 1.82) is 0 Å². The number of aryl methyl sites for hydroxylation is 1. The lowest BCUT2D eigenvalue weighted by Gasteiger charge is -2.24. The maximum Gasteiger partial charge on any atom is 0.252 e. The summed E-state index contributed by atoms with van der Waals surface area (Å²) in [5.41, 5.74) is 2.05. The SMILES string of the molecule is COc1ccc([C@H](NC(=O)c2cc(S(=O)(=O)NC3CC3)ccc2C)C(C)C)cc1. The molecule has 156 valence electrons. The number of ether oxygens (including phenoxy) is 1. The van der Waals surface area contributed by atoms with E-state index in [1.807, 2.05) is 38.1 Å². The van der Waals surface area contributed by atoms with E-state index in [1.165, 1.54) is 6.07 Å². The van der Waals surface area contributed by atoms with Crippen LogP contribution in [0, 0.1) is 12.8 Å². The highest BCUT2D eigenvalue weighted by atomic mass is 32.2. The molecule has 2 aromatic carbocycles. The molecule has 2 aromatic rings. The molecule has 7 heteroatoms. The fraction of sp³-hybridized carbons (Fsp3) is 0.409. The van der Waals surface area contributed by atoms with E-state index in [9.17, 15) is 13.2 Å². The topological polar surface area (TPSA) is 84.5 Å². The number of benzene rings is 2. The van der Waals surface area contributed by atoms with Crippen LogP contribution in [0.15, 0.2) is 47.4 Å². The van der Waals surface area contributed by atoms with Gasteiger partial charge in [-0.25, -0.2) is 13.1 Å². The van der Waals surface area contributed by atoms with E-state index in [1.54, 1.807) is 26.2 Å². The summed E-state index contributed by atoms with van der Waals surface area (Å²) in [6.45, 7) is 5.86. The Morgan fingerprint density at radius 1 is 1.10 bits per heavy atom. The maximum absolute atomic E-state index is 13.0. The summed E-state index contributed by atoms with van der Waals surface area (Å²) < 4.78 is 32.9. The van der Waals surface area contributed by atoms with E-state index >= 15 is 0 Å². The summed E-state index contributed by atoms with van der Waals surface area (Å²) >= 11 is 0. The highest BCUT2D eigenvalue weighted by molar-refractivity contribution is 7.89. The van der Waals surface area contributed by atoms with E-state index in [0.717, 1.165) is 29.7 Å². The van der Waals surface area contributed by atoms with Gasteiger partial charge in [0.1, 0.15) is 5.75 Å². The summed E-state index contributed by atoms with van der Waals surface area (Å²) in [5.74, 6) is 0.607. The number of rotatable bonds is 8. The van der Waals surface area contributed by atoms with Crippen LogP contribution in [0.2, 0.25) is 0 Å². The molecule has 1 aliphatic rings. The molecule has 29 heavy (non-hydrogen) atoms. The third-order valence-electron chi connectivity index (χ3n) is 5.09. The molecule has 1 saturated carbocycles. The molecule has 2 N–H and O–H groups in total. The predicted octanol–water partition coefficient (Wildman–Crippen LogP) is 3.57. The van der Waals surface area contributed by atoms with Gasteiger partial charge in [-0.15, -0.1) is 0 Å². The van der Waals surface area contributed by atoms with Crippen molar-refractivity contribution in [2.75, 3.05) is 7.11 Å².